The van der Waals surface area contributed by atoms with Crippen molar-refractivity contribution in [1.29, 1.82) is 0 Å². The molecular weight excluding hydrogens is 190 g/mol. The molecule has 1 atom stereocenters. The smallest absolute Gasteiger partial charge is 0.274 e. The zero-order chi connectivity index (χ0) is 9.41. The van der Waals surface area contributed by atoms with Crippen molar-refractivity contribution in [3.8, 4) is 0 Å². The van der Waals surface area contributed by atoms with Crippen molar-refractivity contribution in [3.05, 3.63) is 0 Å². The summed E-state index contributed by atoms with van der Waals surface area (Å²) < 4.78 is 47.0. The van der Waals surface area contributed by atoms with Crippen LogP contribution in [0.2, 0.25) is 0 Å². The highest BCUT2D eigenvalue weighted by Crippen LogP contribution is 2.32. The maximum atomic E-state index is 12.7. The highest BCUT2D eigenvalue weighted by atomic mass is 32.2. The van der Waals surface area contributed by atoms with Crippen molar-refractivity contribution in [1.82, 2.24) is 0 Å². The van der Waals surface area contributed by atoms with Gasteiger partial charge < -0.3 is 5.11 Å². The molecule has 3 nitrogen and oxygen atoms in total. The first kappa shape index (κ1) is 9.85. The number of aliphatic hydroxyl groups is 1. The highest BCUT2D eigenvalue weighted by Gasteiger charge is 2.45. The Balaban J connectivity index is 2.70. The van der Waals surface area contributed by atoms with Crippen molar-refractivity contribution >= 4 is 9.84 Å². The Morgan fingerprint density at radius 3 is 2.42 bits per heavy atom. The summed E-state index contributed by atoms with van der Waals surface area (Å²) >= 11 is 0. The third-order valence-corrected chi connectivity index (χ3v) is 3.81. The topological polar surface area (TPSA) is 54.4 Å². The molecule has 1 unspecified atom stereocenters. The van der Waals surface area contributed by atoms with Gasteiger partial charge in [0.15, 0.2) is 9.84 Å². The molecule has 1 N–H and O–H groups in total. The minimum atomic E-state index is -3.28. The van der Waals surface area contributed by atoms with E-state index in [-0.39, 0.29) is 12.2 Å². The molecule has 0 aromatic rings. The summed E-state index contributed by atoms with van der Waals surface area (Å²) in [6, 6.07) is 0. The standard InChI is InChI=1S/C6H10F2O3S/c7-6(8,4-9)5-1-2-12(10,11)3-5/h5,9H,1-4H2. The van der Waals surface area contributed by atoms with Gasteiger partial charge >= 0.3 is 0 Å². The van der Waals surface area contributed by atoms with Crippen LogP contribution in [-0.4, -0.2) is 37.6 Å². The normalized spacial score (nSPS) is 29.1. The van der Waals surface area contributed by atoms with Crippen LogP contribution < -0.4 is 0 Å². The molecule has 0 saturated carbocycles. The van der Waals surface area contributed by atoms with Gasteiger partial charge in [0, 0.05) is 5.92 Å². The maximum absolute atomic E-state index is 12.7. The number of hydrogen-bond acceptors (Lipinski definition) is 3. The predicted octanol–water partition coefficient (Wildman–Crippen LogP) is 0.0487. The Labute approximate surface area is 69.3 Å². The van der Waals surface area contributed by atoms with Crippen molar-refractivity contribution in [2.24, 2.45) is 5.92 Å². The summed E-state index contributed by atoms with van der Waals surface area (Å²) in [6.45, 7) is -1.27. The minimum Gasteiger partial charge on any atom is -0.390 e. The van der Waals surface area contributed by atoms with Crippen LogP contribution in [0.4, 0.5) is 8.78 Å². The fourth-order valence-corrected chi connectivity index (χ4v) is 3.09. The average molecular weight is 200 g/mol. The lowest BCUT2D eigenvalue weighted by Crippen LogP contribution is -2.32. The second-order valence-electron chi connectivity index (χ2n) is 3.02. The molecule has 0 bridgehead atoms. The number of alkyl halides is 2. The molecule has 1 rings (SSSR count). The zero-order valence-electron chi connectivity index (χ0n) is 6.33. The highest BCUT2D eigenvalue weighted by molar-refractivity contribution is 7.91. The molecule has 1 aliphatic heterocycles. The third-order valence-electron chi connectivity index (χ3n) is 2.04. The second-order valence-corrected chi connectivity index (χ2v) is 5.25. The van der Waals surface area contributed by atoms with Crippen LogP contribution >= 0.6 is 0 Å². The molecule has 0 aromatic carbocycles. The number of hydrogen-bond donors (Lipinski definition) is 1. The van der Waals surface area contributed by atoms with Gasteiger partial charge in [0.1, 0.15) is 6.61 Å². The van der Waals surface area contributed by atoms with Crippen LogP contribution in [-0.2, 0) is 9.84 Å². The molecule has 72 valence electrons. The van der Waals surface area contributed by atoms with Crippen molar-refractivity contribution in [3.63, 3.8) is 0 Å². The van der Waals surface area contributed by atoms with Crippen LogP contribution in [0, 0.1) is 5.92 Å². The van der Waals surface area contributed by atoms with Crippen LogP contribution in [0.3, 0.4) is 0 Å². The lowest BCUT2D eigenvalue weighted by molar-refractivity contribution is -0.0895. The number of sulfone groups is 1. The summed E-state index contributed by atoms with van der Waals surface area (Å²) in [5.74, 6) is -5.13. The van der Waals surface area contributed by atoms with E-state index in [9.17, 15) is 17.2 Å². The van der Waals surface area contributed by atoms with Gasteiger partial charge in [-0.2, -0.15) is 0 Å². The first-order valence-electron chi connectivity index (χ1n) is 3.56. The second kappa shape index (κ2) is 2.92. The fourth-order valence-electron chi connectivity index (χ4n) is 1.26. The Bertz CT molecular complexity index is 260. The molecule has 0 aromatic heterocycles. The van der Waals surface area contributed by atoms with E-state index in [0.717, 1.165) is 0 Å². The van der Waals surface area contributed by atoms with Crippen LogP contribution in [0.1, 0.15) is 6.42 Å². The van der Waals surface area contributed by atoms with Crippen LogP contribution in [0.15, 0.2) is 0 Å². The number of rotatable bonds is 2. The molecule has 1 saturated heterocycles. The Morgan fingerprint density at radius 1 is 1.50 bits per heavy atom. The lowest BCUT2D eigenvalue weighted by atomic mass is 10.0. The molecule has 0 amide bonds. The van der Waals surface area contributed by atoms with E-state index in [4.69, 9.17) is 5.11 Å². The number of aliphatic hydroxyl groups excluding tert-OH is 1. The number of halogens is 2. The summed E-state index contributed by atoms with van der Waals surface area (Å²) in [5.41, 5.74) is 0. The Hall–Kier alpha value is -0.230. The fraction of sp³-hybridized carbons (Fsp3) is 1.00. The maximum Gasteiger partial charge on any atom is 0.274 e. The van der Waals surface area contributed by atoms with Crippen LogP contribution in [0.5, 0.6) is 0 Å². The molecule has 0 spiro atoms. The van der Waals surface area contributed by atoms with Gasteiger partial charge in [0.05, 0.1) is 11.5 Å². The third kappa shape index (κ3) is 1.92. The monoisotopic (exact) mass is 200 g/mol. The van der Waals surface area contributed by atoms with Gasteiger partial charge in [-0.05, 0) is 6.42 Å². The van der Waals surface area contributed by atoms with E-state index in [1.165, 1.54) is 0 Å². The summed E-state index contributed by atoms with van der Waals surface area (Å²) in [4.78, 5) is 0. The van der Waals surface area contributed by atoms with E-state index < -0.39 is 34.0 Å². The first-order chi connectivity index (χ1) is 5.37. The molecule has 6 heteroatoms. The predicted molar refractivity (Wildman–Crippen MR) is 38.8 cm³/mol. The molecule has 0 aliphatic carbocycles. The zero-order valence-corrected chi connectivity index (χ0v) is 7.15. The summed E-state index contributed by atoms with van der Waals surface area (Å²) in [6.07, 6.45) is -0.0457. The average Bonchev–Trinajstić information content (AvgIpc) is 2.31. The lowest BCUT2D eigenvalue weighted by Gasteiger charge is -2.18. The van der Waals surface area contributed by atoms with Gasteiger partial charge in [-0.1, -0.05) is 0 Å². The van der Waals surface area contributed by atoms with Crippen molar-refractivity contribution in [2.75, 3.05) is 18.1 Å². The van der Waals surface area contributed by atoms with E-state index >= 15 is 0 Å². The molecule has 0 radical (unpaired) electrons. The van der Waals surface area contributed by atoms with Gasteiger partial charge in [-0.25, -0.2) is 17.2 Å². The van der Waals surface area contributed by atoms with E-state index in [1.54, 1.807) is 0 Å². The van der Waals surface area contributed by atoms with Gasteiger partial charge in [-0.15, -0.1) is 0 Å². The van der Waals surface area contributed by atoms with E-state index in [1.807, 2.05) is 0 Å². The van der Waals surface area contributed by atoms with Crippen molar-refractivity contribution < 1.29 is 22.3 Å². The largest absolute Gasteiger partial charge is 0.390 e. The quantitative estimate of drug-likeness (QED) is 0.685. The SMILES string of the molecule is O=S1(=O)CCC(C(F)(F)CO)C1. The Kier molecular flexibility index (Phi) is 2.40. The van der Waals surface area contributed by atoms with Gasteiger partial charge in [0.25, 0.3) is 5.92 Å². The van der Waals surface area contributed by atoms with Gasteiger partial charge in [-0.3, -0.25) is 0 Å². The molecular formula is C6H10F2O3S. The molecule has 12 heavy (non-hydrogen) atoms. The van der Waals surface area contributed by atoms with Crippen LogP contribution in [0.25, 0.3) is 0 Å². The molecule has 1 heterocycles. The van der Waals surface area contributed by atoms with Crippen molar-refractivity contribution in [2.45, 2.75) is 12.3 Å². The minimum absolute atomic E-state index is 0.0457. The molecule has 1 aliphatic rings. The Morgan fingerprint density at radius 2 is 2.08 bits per heavy atom. The summed E-state index contributed by atoms with van der Waals surface area (Å²) in [5, 5.41) is 8.28. The van der Waals surface area contributed by atoms with Gasteiger partial charge in [0.2, 0.25) is 0 Å². The summed E-state index contributed by atoms with van der Waals surface area (Å²) in [7, 11) is -3.28. The van der Waals surface area contributed by atoms with E-state index in [2.05, 4.69) is 0 Å². The first-order valence-corrected chi connectivity index (χ1v) is 5.38. The van der Waals surface area contributed by atoms with E-state index in [0.29, 0.717) is 0 Å². The molecule has 1 fully saturated rings.